The van der Waals surface area contributed by atoms with Gasteiger partial charge in [0.15, 0.2) is 11.6 Å². The van der Waals surface area contributed by atoms with E-state index in [1.54, 1.807) is 11.8 Å². The molecule has 2 N–H and O–H groups in total. The average molecular weight is 744 g/mol. The molecule has 0 radical (unpaired) electrons. The van der Waals surface area contributed by atoms with Gasteiger partial charge >= 0.3 is 0 Å². The number of hydrogen-bond acceptors (Lipinski definition) is 6. The molecule has 1 heterocycles. The number of ketones is 2. The van der Waals surface area contributed by atoms with Crippen molar-refractivity contribution in [3.8, 4) is 0 Å². The highest BCUT2D eigenvalue weighted by Crippen LogP contribution is 2.65. The lowest BCUT2D eigenvalue weighted by molar-refractivity contribution is -0.142. The van der Waals surface area contributed by atoms with Crippen LogP contribution in [0.25, 0.3) is 0 Å². The molecule has 1 aliphatic heterocycles. The zero-order valence-electron chi connectivity index (χ0n) is 37.5. The fourth-order valence-electron chi connectivity index (χ4n) is 6.98. The van der Waals surface area contributed by atoms with Crippen LogP contribution >= 0.6 is 0 Å². The van der Waals surface area contributed by atoms with E-state index >= 15 is 0 Å². The summed E-state index contributed by atoms with van der Waals surface area (Å²) in [5, 5.41) is 6.75. The van der Waals surface area contributed by atoms with E-state index in [1.165, 1.54) is 31.3 Å². The molecule has 0 bridgehead atoms. The highest BCUT2D eigenvalue weighted by molar-refractivity contribution is 5.92. The summed E-state index contributed by atoms with van der Waals surface area (Å²) < 4.78 is 5.43. The first-order valence-corrected chi connectivity index (χ1v) is 20.6. The second-order valence-electron chi connectivity index (χ2n) is 17.1. The molecule has 7 nitrogen and oxygen atoms in total. The van der Waals surface area contributed by atoms with E-state index in [0.29, 0.717) is 37.0 Å². The first kappa shape index (κ1) is 52.4. The summed E-state index contributed by atoms with van der Waals surface area (Å²) in [7, 11) is 0. The summed E-state index contributed by atoms with van der Waals surface area (Å²) in [6.07, 6.45) is 9.10. The van der Waals surface area contributed by atoms with E-state index in [1.807, 2.05) is 61.5 Å². The van der Waals surface area contributed by atoms with Gasteiger partial charge in [0.1, 0.15) is 12.6 Å². The molecule has 1 saturated carbocycles. The number of carbonyl (C=O) groups excluding carboxylic acids is 3. The summed E-state index contributed by atoms with van der Waals surface area (Å²) in [5.74, 6) is 2.21. The van der Waals surface area contributed by atoms with E-state index in [2.05, 4.69) is 85.4 Å². The fourth-order valence-corrected chi connectivity index (χ4v) is 6.98. The molecule has 7 heteroatoms. The molecule has 1 amide bonds. The number of fused-ring (bicyclic) bond motifs is 1. The normalized spacial score (nSPS) is 19.7. The summed E-state index contributed by atoms with van der Waals surface area (Å²) in [6, 6.07) is -0.851. The van der Waals surface area contributed by atoms with Crippen molar-refractivity contribution in [3.63, 3.8) is 0 Å². The van der Waals surface area contributed by atoms with Gasteiger partial charge in [-0.1, -0.05) is 127 Å². The van der Waals surface area contributed by atoms with Crippen LogP contribution in [0.5, 0.6) is 0 Å². The second kappa shape index (κ2) is 25.4. The van der Waals surface area contributed by atoms with Crippen molar-refractivity contribution in [3.05, 3.63) is 49.4 Å². The predicted octanol–water partition coefficient (Wildman–Crippen LogP) is 10.9. The highest BCUT2D eigenvalue weighted by Gasteiger charge is 2.69. The molecule has 2 rings (SSSR count). The number of ether oxygens (including phenoxy) is 1. The molecule has 4 unspecified atom stereocenters. The molecule has 1 aliphatic carbocycles. The molecule has 0 spiro atoms. The first-order valence-electron chi connectivity index (χ1n) is 20.6. The van der Waals surface area contributed by atoms with Crippen molar-refractivity contribution in [1.82, 2.24) is 15.5 Å². The zero-order valence-corrected chi connectivity index (χ0v) is 37.5. The molecule has 53 heavy (non-hydrogen) atoms. The number of nitrogens with one attached hydrogen (secondary N) is 2. The Labute approximate surface area is 328 Å². The Bertz CT molecular complexity index is 1160. The predicted molar refractivity (Wildman–Crippen MR) is 229 cm³/mol. The van der Waals surface area contributed by atoms with Crippen LogP contribution in [0.1, 0.15) is 156 Å². The van der Waals surface area contributed by atoms with Gasteiger partial charge in [-0.3, -0.25) is 14.4 Å². The number of carbonyl (C=O) groups is 3. The third-order valence-electron chi connectivity index (χ3n) is 10.5. The molecule has 2 fully saturated rings. The Morgan fingerprint density at radius 2 is 1.51 bits per heavy atom. The van der Waals surface area contributed by atoms with Gasteiger partial charge < -0.3 is 20.3 Å². The van der Waals surface area contributed by atoms with Gasteiger partial charge in [-0.05, 0) is 93.5 Å². The second-order valence-corrected chi connectivity index (χ2v) is 17.1. The smallest absolute Gasteiger partial charge is 0.246 e. The lowest BCUT2D eigenvalue weighted by Crippen LogP contribution is -2.57. The lowest BCUT2D eigenvalue weighted by Gasteiger charge is -2.38. The summed E-state index contributed by atoms with van der Waals surface area (Å²) in [5.41, 5.74) is 2.12. The van der Waals surface area contributed by atoms with Gasteiger partial charge in [0, 0.05) is 19.0 Å². The number of amides is 1. The maximum atomic E-state index is 13.8. The van der Waals surface area contributed by atoms with Gasteiger partial charge in [0.25, 0.3) is 0 Å². The van der Waals surface area contributed by atoms with Gasteiger partial charge in [0.05, 0.1) is 18.0 Å². The van der Waals surface area contributed by atoms with Crippen LogP contribution in [0, 0.1) is 34.5 Å². The standard InChI is InChI=1S/C28H49N3O4.C11H20.C5H10.C2H6/c1-16(2)22(13-12-20(33)15-35-17(3)4)29-19(6)30-25(27(7,8)9)26(34)31-14-21-23(28(21,10)11)24(31)18(5)32;1-6-8-11(7-2)10(5)9(3)4;1-3-5-4-2;1-2/h16-17,21-25,29-30H,6,12-15H2,1-5,7-11H3;11H,3,5-8H2,1-2,4H3;3H,1,4-5H2,2H3;1-2H3/t21-,22?,23-,24?,25?;;;/m0.../s1. The van der Waals surface area contributed by atoms with Crippen LogP contribution < -0.4 is 10.6 Å². The third-order valence-corrected chi connectivity index (χ3v) is 10.5. The quantitative estimate of drug-likeness (QED) is 0.0953. The Morgan fingerprint density at radius 3 is 1.89 bits per heavy atom. The monoisotopic (exact) mass is 744 g/mol. The maximum Gasteiger partial charge on any atom is 0.246 e. The van der Waals surface area contributed by atoms with E-state index < -0.39 is 6.04 Å². The molecular weight excluding hydrogens is 659 g/mol. The SMILES string of the molecule is C=C(C)C(=C)C(CC)CCC.C=C(NC(CCC(=O)COC(C)C)C(C)C)NC(C(=O)N1C[C@H]2[C@@H](C1C(C)=O)C2(C)C)C(C)(C)C.C=CCCC.CC. The highest BCUT2D eigenvalue weighted by atomic mass is 16.5. The van der Waals surface area contributed by atoms with Crippen LogP contribution in [0.15, 0.2) is 49.4 Å². The molecule has 0 aromatic carbocycles. The number of piperidine rings is 1. The van der Waals surface area contributed by atoms with E-state index in [4.69, 9.17) is 4.74 Å². The minimum atomic E-state index is -0.529. The van der Waals surface area contributed by atoms with Crippen molar-refractivity contribution in [2.24, 2.45) is 34.5 Å². The number of likely N-dealkylation sites (tertiary alicyclic amines) is 1. The Kier molecular flexibility index (Phi) is 25.1. The number of unbranched alkanes of at least 4 members (excludes halogenated alkanes) is 1. The fraction of sp³-hybridized carbons (Fsp3) is 0.761. The maximum absolute atomic E-state index is 13.8. The molecule has 0 aromatic rings. The molecule has 1 saturated heterocycles. The van der Waals surface area contributed by atoms with Crippen molar-refractivity contribution < 1.29 is 19.1 Å². The minimum Gasteiger partial charge on any atom is -0.371 e. The Hall–Kier alpha value is -2.67. The molecule has 6 atom stereocenters. The van der Waals surface area contributed by atoms with E-state index in [9.17, 15) is 14.4 Å². The molecule has 308 valence electrons. The van der Waals surface area contributed by atoms with Crippen LogP contribution in [-0.4, -0.2) is 59.8 Å². The van der Waals surface area contributed by atoms with Crippen LogP contribution in [-0.2, 0) is 19.1 Å². The zero-order chi connectivity index (χ0) is 41.9. The first-order chi connectivity index (χ1) is 24.5. The molecule has 2 aliphatic rings. The number of Topliss-reactive ketones (excluding diaryl/α,β-unsaturated/α-hetero) is 2. The Balaban J connectivity index is 0. The van der Waals surface area contributed by atoms with Crippen LogP contribution in [0.3, 0.4) is 0 Å². The van der Waals surface area contributed by atoms with Gasteiger partial charge in [0.2, 0.25) is 5.91 Å². The van der Waals surface area contributed by atoms with E-state index in [0.717, 1.165) is 12.0 Å². The van der Waals surface area contributed by atoms with Crippen molar-refractivity contribution in [2.75, 3.05) is 13.2 Å². The van der Waals surface area contributed by atoms with Gasteiger partial charge in [-0.2, -0.15) is 0 Å². The largest absolute Gasteiger partial charge is 0.371 e. The topological polar surface area (TPSA) is 87.7 Å². The number of allylic oxidation sites excluding steroid dienone is 3. The summed E-state index contributed by atoms with van der Waals surface area (Å²) in [4.78, 5) is 40.3. The third kappa shape index (κ3) is 18.0. The van der Waals surface area contributed by atoms with Gasteiger partial charge in [-0.15, -0.1) is 6.58 Å². The van der Waals surface area contributed by atoms with E-state index in [-0.39, 0.29) is 64.9 Å². The minimum absolute atomic E-state index is 0.0268. The summed E-state index contributed by atoms with van der Waals surface area (Å²) >= 11 is 0. The lowest BCUT2D eigenvalue weighted by atomic mass is 9.85. The number of nitrogens with zero attached hydrogens (tertiary/aromatic N) is 1. The van der Waals surface area contributed by atoms with Crippen LogP contribution in [0.4, 0.5) is 0 Å². The van der Waals surface area contributed by atoms with Crippen molar-refractivity contribution in [2.45, 2.75) is 180 Å². The van der Waals surface area contributed by atoms with Crippen LogP contribution in [0.2, 0.25) is 0 Å². The molecule has 0 aromatic heterocycles. The average Bonchev–Trinajstić information content (AvgIpc) is 3.38. The number of hydrogen-bond donors (Lipinski definition) is 2. The van der Waals surface area contributed by atoms with Crippen molar-refractivity contribution >= 4 is 17.5 Å². The number of rotatable bonds is 20. The van der Waals surface area contributed by atoms with Crippen molar-refractivity contribution in [1.29, 1.82) is 0 Å². The summed E-state index contributed by atoms with van der Waals surface area (Å²) in [6.45, 7) is 49.1. The van der Waals surface area contributed by atoms with Gasteiger partial charge in [-0.25, -0.2) is 0 Å². The Morgan fingerprint density at radius 1 is 0.943 bits per heavy atom. The molecular formula is C46H85N3O4.